The van der Waals surface area contributed by atoms with Crippen LogP contribution in [0.5, 0.6) is 0 Å². The molecule has 0 aromatic heterocycles. The Bertz CT molecular complexity index is 495. The van der Waals surface area contributed by atoms with E-state index in [1.165, 1.54) is 11.1 Å². The zero-order valence-electron chi connectivity index (χ0n) is 14.0. The first-order valence-electron chi connectivity index (χ1n) is 7.97. The lowest BCUT2D eigenvalue weighted by Crippen LogP contribution is -2.42. The van der Waals surface area contributed by atoms with Crippen molar-refractivity contribution in [3.8, 4) is 0 Å². The number of rotatable bonds is 5. The van der Waals surface area contributed by atoms with Crippen LogP contribution < -0.4 is 5.73 Å². The standard InChI is InChI=1S/C17H28N4S/c1-14(2)20(3)13-16-7-5-4-6-15(16)12-19-17(18)21-8-10-22-11-9-21/h4-7,14H,8-13H2,1-3H3,(H2,18,19). The van der Waals surface area contributed by atoms with Gasteiger partial charge in [-0.25, -0.2) is 4.99 Å². The van der Waals surface area contributed by atoms with Gasteiger partial charge in [0.1, 0.15) is 0 Å². The molecule has 0 amide bonds. The van der Waals surface area contributed by atoms with E-state index in [0.29, 0.717) is 18.5 Å². The number of nitrogens with zero attached hydrogens (tertiary/aromatic N) is 3. The number of hydrogen-bond acceptors (Lipinski definition) is 3. The summed E-state index contributed by atoms with van der Waals surface area (Å²) in [5.74, 6) is 2.98. The van der Waals surface area contributed by atoms with Gasteiger partial charge in [-0.2, -0.15) is 11.8 Å². The Morgan fingerprint density at radius 2 is 1.91 bits per heavy atom. The van der Waals surface area contributed by atoms with Crippen molar-refractivity contribution < 1.29 is 0 Å². The van der Waals surface area contributed by atoms with E-state index < -0.39 is 0 Å². The van der Waals surface area contributed by atoms with Gasteiger partial charge in [0.15, 0.2) is 5.96 Å². The van der Waals surface area contributed by atoms with Crippen LogP contribution in [0.2, 0.25) is 0 Å². The Morgan fingerprint density at radius 3 is 2.55 bits per heavy atom. The maximum absolute atomic E-state index is 6.15. The van der Waals surface area contributed by atoms with E-state index in [9.17, 15) is 0 Å². The van der Waals surface area contributed by atoms with Crippen LogP contribution in [0.15, 0.2) is 29.3 Å². The maximum Gasteiger partial charge on any atom is 0.191 e. The van der Waals surface area contributed by atoms with Crippen molar-refractivity contribution in [1.82, 2.24) is 9.80 Å². The first-order chi connectivity index (χ1) is 10.6. The van der Waals surface area contributed by atoms with Gasteiger partial charge in [0, 0.05) is 37.2 Å². The molecule has 1 aliphatic heterocycles. The van der Waals surface area contributed by atoms with E-state index in [-0.39, 0.29) is 0 Å². The highest BCUT2D eigenvalue weighted by molar-refractivity contribution is 7.99. The number of thioether (sulfide) groups is 1. The highest BCUT2D eigenvalue weighted by Gasteiger charge is 2.12. The molecule has 0 bridgehead atoms. The number of aliphatic imine (C=N–C) groups is 1. The van der Waals surface area contributed by atoms with E-state index in [2.05, 4.69) is 60.0 Å². The van der Waals surface area contributed by atoms with Crippen LogP contribution >= 0.6 is 11.8 Å². The molecular formula is C17H28N4S. The molecule has 1 saturated heterocycles. The van der Waals surface area contributed by atoms with Crippen LogP contribution in [0.25, 0.3) is 0 Å². The topological polar surface area (TPSA) is 44.9 Å². The molecule has 0 atom stereocenters. The van der Waals surface area contributed by atoms with Crippen LogP contribution in [-0.2, 0) is 13.1 Å². The van der Waals surface area contributed by atoms with Crippen molar-refractivity contribution in [2.24, 2.45) is 10.7 Å². The molecular weight excluding hydrogens is 292 g/mol. The normalized spacial score (nSPS) is 16.6. The van der Waals surface area contributed by atoms with Gasteiger partial charge in [0.25, 0.3) is 0 Å². The summed E-state index contributed by atoms with van der Waals surface area (Å²) >= 11 is 1.98. The summed E-state index contributed by atoms with van der Waals surface area (Å²) in [5, 5.41) is 0. The minimum absolute atomic E-state index is 0.535. The molecule has 2 rings (SSSR count). The molecule has 1 aromatic carbocycles. The molecule has 1 aliphatic rings. The Labute approximate surface area is 138 Å². The molecule has 122 valence electrons. The monoisotopic (exact) mass is 320 g/mol. The van der Waals surface area contributed by atoms with E-state index >= 15 is 0 Å². The summed E-state index contributed by atoms with van der Waals surface area (Å²) in [5.41, 5.74) is 8.76. The molecule has 0 aliphatic carbocycles. The fourth-order valence-electron chi connectivity index (χ4n) is 2.38. The van der Waals surface area contributed by atoms with Crippen molar-refractivity contribution in [2.75, 3.05) is 31.6 Å². The number of benzene rings is 1. The number of nitrogens with two attached hydrogens (primary N) is 1. The van der Waals surface area contributed by atoms with Gasteiger partial charge in [0.05, 0.1) is 6.54 Å². The third-order valence-electron chi connectivity index (χ3n) is 4.17. The lowest BCUT2D eigenvalue weighted by atomic mass is 10.1. The van der Waals surface area contributed by atoms with Gasteiger partial charge in [-0.05, 0) is 32.0 Å². The summed E-state index contributed by atoms with van der Waals surface area (Å²) in [4.78, 5) is 9.16. The smallest absolute Gasteiger partial charge is 0.191 e. The second-order valence-electron chi connectivity index (χ2n) is 6.05. The Hall–Kier alpha value is -1.20. The molecule has 0 spiro atoms. The minimum atomic E-state index is 0.535. The van der Waals surface area contributed by atoms with E-state index in [4.69, 9.17) is 5.73 Å². The maximum atomic E-state index is 6.15. The summed E-state index contributed by atoms with van der Waals surface area (Å²) in [6.07, 6.45) is 0. The number of hydrogen-bond donors (Lipinski definition) is 1. The molecule has 0 radical (unpaired) electrons. The molecule has 22 heavy (non-hydrogen) atoms. The van der Waals surface area contributed by atoms with Crippen LogP contribution in [0.4, 0.5) is 0 Å². The van der Waals surface area contributed by atoms with Crippen molar-refractivity contribution in [3.63, 3.8) is 0 Å². The predicted molar refractivity (Wildman–Crippen MR) is 97.3 cm³/mol. The van der Waals surface area contributed by atoms with Crippen molar-refractivity contribution >= 4 is 17.7 Å². The Balaban J connectivity index is 2.02. The fourth-order valence-corrected chi connectivity index (χ4v) is 3.28. The summed E-state index contributed by atoms with van der Waals surface area (Å²) in [7, 11) is 2.16. The van der Waals surface area contributed by atoms with Crippen molar-refractivity contribution in [3.05, 3.63) is 35.4 Å². The summed E-state index contributed by atoms with van der Waals surface area (Å²) in [6, 6.07) is 9.07. The Morgan fingerprint density at radius 1 is 1.27 bits per heavy atom. The van der Waals surface area contributed by atoms with Gasteiger partial charge in [0.2, 0.25) is 0 Å². The Kier molecular flexibility index (Phi) is 6.58. The average Bonchev–Trinajstić information content (AvgIpc) is 2.54. The van der Waals surface area contributed by atoms with Crippen LogP contribution in [0.3, 0.4) is 0 Å². The van der Waals surface area contributed by atoms with E-state index in [1.54, 1.807) is 0 Å². The second-order valence-corrected chi connectivity index (χ2v) is 7.28. The van der Waals surface area contributed by atoms with Gasteiger partial charge in [-0.1, -0.05) is 24.3 Å². The zero-order chi connectivity index (χ0) is 15.9. The van der Waals surface area contributed by atoms with Gasteiger partial charge >= 0.3 is 0 Å². The van der Waals surface area contributed by atoms with Crippen LogP contribution in [0, 0.1) is 0 Å². The predicted octanol–water partition coefficient (Wildman–Crippen LogP) is 2.39. The van der Waals surface area contributed by atoms with Crippen molar-refractivity contribution in [2.45, 2.75) is 33.0 Å². The molecule has 0 unspecified atom stereocenters. The summed E-state index contributed by atoms with van der Waals surface area (Å²) in [6.45, 7) is 8.07. The molecule has 5 heteroatoms. The molecule has 4 nitrogen and oxygen atoms in total. The van der Waals surface area contributed by atoms with Crippen molar-refractivity contribution in [1.29, 1.82) is 0 Å². The molecule has 1 aromatic rings. The molecule has 0 saturated carbocycles. The lowest BCUT2D eigenvalue weighted by Gasteiger charge is -2.27. The first kappa shape index (κ1) is 17.2. The second kappa shape index (κ2) is 8.44. The highest BCUT2D eigenvalue weighted by atomic mass is 32.2. The van der Waals surface area contributed by atoms with Crippen LogP contribution in [-0.4, -0.2) is 53.4 Å². The third-order valence-corrected chi connectivity index (χ3v) is 5.11. The van der Waals surface area contributed by atoms with Crippen LogP contribution in [0.1, 0.15) is 25.0 Å². The van der Waals surface area contributed by atoms with E-state index in [1.807, 2.05) is 11.8 Å². The fraction of sp³-hybridized carbons (Fsp3) is 0.588. The zero-order valence-corrected chi connectivity index (χ0v) is 14.8. The average molecular weight is 321 g/mol. The lowest BCUT2D eigenvalue weighted by molar-refractivity contribution is 0.265. The molecule has 1 heterocycles. The largest absolute Gasteiger partial charge is 0.370 e. The molecule has 1 fully saturated rings. The van der Waals surface area contributed by atoms with Gasteiger partial charge in [-0.15, -0.1) is 0 Å². The van der Waals surface area contributed by atoms with Gasteiger partial charge < -0.3 is 10.6 Å². The third kappa shape index (κ3) is 4.92. The minimum Gasteiger partial charge on any atom is -0.370 e. The molecule has 2 N–H and O–H groups in total. The van der Waals surface area contributed by atoms with E-state index in [0.717, 1.165) is 31.1 Å². The highest BCUT2D eigenvalue weighted by Crippen LogP contribution is 2.14. The SMILES string of the molecule is CC(C)N(C)Cc1ccccc1CN=C(N)N1CCSCC1. The quantitative estimate of drug-likeness (QED) is 0.668. The van der Waals surface area contributed by atoms with Gasteiger partial charge in [-0.3, -0.25) is 4.90 Å². The number of guanidine groups is 1. The first-order valence-corrected chi connectivity index (χ1v) is 9.13. The summed E-state index contributed by atoms with van der Waals surface area (Å²) < 4.78 is 0.